The van der Waals surface area contributed by atoms with E-state index in [1.165, 1.54) is 5.56 Å². The number of aryl methyl sites for hydroxylation is 1. The Labute approximate surface area is 95.3 Å². The van der Waals surface area contributed by atoms with Crippen LogP contribution in [0.4, 0.5) is 0 Å². The summed E-state index contributed by atoms with van der Waals surface area (Å²) in [7, 11) is 4.00. The van der Waals surface area contributed by atoms with Crippen LogP contribution in [0, 0.1) is 6.92 Å². The van der Waals surface area contributed by atoms with Crippen molar-refractivity contribution < 1.29 is 9.84 Å². The van der Waals surface area contributed by atoms with Gasteiger partial charge >= 0.3 is 0 Å². The molecule has 15 heavy (non-hydrogen) atoms. The molecule has 0 bridgehead atoms. The molecule has 1 aromatic rings. The van der Waals surface area contributed by atoms with Crippen LogP contribution in [-0.4, -0.2) is 43.9 Å². The molecule has 0 aliphatic heterocycles. The Morgan fingerprint density at radius 3 is 2.80 bits per heavy atom. The van der Waals surface area contributed by atoms with Gasteiger partial charge in [0, 0.05) is 11.4 Å². The van der Waals surface area contributed by atoms with Gasteiger partial charge in [-0.25, -0.2) is 0 Å². The van der Waals surface area contributed by atoms with Crippen molar-refractivity contribution in [3.63, 3.8) is 0 Å². The predicted octanol–water partition coefficient (Wildman–Crippen LogP) is 1.67. The van der Waals surface area contributed by atoms with Crippen LogP contribution in [0.25, 0.3) is 0 Å². The summed E-state index contributed by atoms with van der Waals surface area (Å²) in [5, 5.41) is 11.8. The van der Waals surface area contributed by atoms with Crippen LogP contribution in [-0.2, 0) is 4.74 Å². The van der Waals surface area contributed by atoms with E-state index in [1.54, 1.807) is 11.3 Å². The lowest BCUT2D eigenvalue weighted by Crippen LogP contribution is -2.19. The first-order chi connectivity index (χ1) is 7.09. The largest absolute Gasteiger partial charge is 0.385 e. The minimum Gasteiger partial charge on any atom is -0.385 e. The molecule has 0 unspecified atom stereocenters. The lowest BCUT2D eigenvalue weighted by Gasteiger charge is -2.12. The molecule has 0 spiro atoms. The molecular formula is C11H19NO2S. The molecule has 1 aromatic heterocycles. The maximum Gasteiger partial charge on any atom is 0.111 e. The summed E-state index contributed by atoms with van der Waals surface area (Å²) < 4.78 is 5.38. The summed E-state index contributed by atoms with van der Waals surface area (Å²) in [6.07, 6.45) is -0.481. The van der Waals surface area contributed by atoms with Gasteiger partial charge in [0.25, 0.3) is 0 Å². The van der Waals surface area contributed by atoms with Crippen LogP contribution >= 0.6 is 11.3 Å². The first-order valence-electron chi connectivity index (χ1n) is 5.05. The molecule has 3 nitrogen and oxygen atoms in total. The van der Waals surface area contributed by atoms with Gasteiger partial charge in [-0.1, -0.05) is 0 Å². The van der Waals surface area contributed by atoms with Gasteiger partial charge < -0.3 is 14.7 Å². The second-order valence-electron chi connectivity index (χ2n) is 3.92. The molecule has 0 radical (unpaired) electrons. The number of ether oxygens (including phenoxy) is 1. The molecule has 0 amide bonds. The van der Waals surface area contributed by atoms with Gasteiger partial charge in [-0.05, 0) is 38.0 Å². The molecule has 0 saturated heterocycles. The molecule has 86 valence electrons. The number of rotatable bonds is 6. The summed E-state index contributed by atoms with van der Waals surface area (Å²) >= 11 is 1.58. The van der Waals surface area contributed by atoms with E-state index in [2.05, 4.69) is 4.90 Å². The Kier molecular flexibility index (Phi) is 5.25. The summed E-state index contributed by atoms with van der Waals surface area (Å²) in [5.41, 5.74) is 1.20. The first-order valence-corrected chi connectivity index (χ1v) is 5.93. The molecule has 0 saturated carbocycles. The number of thiophene rings is 1. The van der Waals surface area contributed by atoms with Crippen LogP contribution in [0.3, 0.4) is 0 Å². The van der Waals surface area contributed by atoms with E-state index >= 15 is 0 Å². The SMILES string of the molecule is Cc1csc([C@@H](O)COCCN(C)C)c1. The van der Waals surface area contributed by atoms with Crippen molar-refractivity contribution in [1.82, 2.24) is 4.90 Å². The monoisotopic (exact) mass is 229 g/mol. The Balaban J connectivity index is 2.21. The van der Waals surface area contributed by atoms with Crippen molar-refractivity contribution in [2.45, 2.75) is 13.0 Å². The summed E-state index contributed by atoms with van der Waals surface area (Å²) in [6.45, 7) is 3.96. The van der Waals surface area contributed by atoms with Crippen molar-refractivity contribution >= 4 is 11.3 Å². The Bertz CT molecular complexity index is 286. The predicted molar refractivity (Wildman–Crippen MR) is 63.4 cm³/mol. The summed E-state index contributed by atoms with van der Waals surface area (Å²) in [5.74, 6) is 0. The Morgan fingerprint density at radius 2 is 2.27 bits per heavy atom. The standard InChI is InChI=1S/C11H19NO2S/c1-9-6-11(15-8-9)10(13)7-14-5-4-12(2)3/h6,8,10,13H,4-5,7H2,1-3H3/t10-/m0/s1. The smallest absolute Gasteiger partial charge is 0.111 e. The van der Waals surface area contributed by atoms with Gasteiger partial charge in [0.15, 0.2) is 0 Å². The van der Waals surface area contributed by atoms with E-state index in [9.17, 15) is 5.11 Å². The lowest BCUT2D eigenvalue weighted by atomic mass is 10.2. The Morgan fingerprint density at radius 1 is 1.53 bits per heavy atom. The van der Waals surface area contributed by atoms with E-state index < -0.39 is 6.10 Å². The number of nitrogens with zero attached hydrogens (tertiary/aromatic N) is 1. The number of hydrogen-bond donors (Lipinski definition) is 1. The van der Waals surface area contributed by atoms with Crippen LogP contribution in [0.1, 0.15) is 16.5 Å². The molecule has 0 aromatic carbocycles. The highest BCUT2D eigenvalue weighted by atomic mass is 32.1. The average molecular weight is 229 g/mol. The zero-order valence-corrected chi connectivity index (χ0v) is 10.4. The molecule has 1 rings (SSSR count). The highest BCUT2D eigenvalue weighted by Crippen LogP contribution is 2.21. The Hall–Kier alpha value is -0.420. The van der Waals surface area contributed by atoms with E-state index in [1.807, 2.05) is 32.5 Å². The van der Waals surface area contributed by atoms with Crippen LogP contribution in [0.5, 0.6) is 0 Å². The van der Waals surface area contributed by atoms with Gasteiger partial charge in [-0.15, -0.1) is 11.3 Å². The summed E-state index contributed by atoms with van der Waals surface area (Å²) in [4.78, 5) is 3.04. The van der Waals surface area contributed by atoms with E-state index in [4.69, 9.17) is 4.74 Å². The summed E-state index contributed by atoms with van der Waals surface area (Å²) in [6, 6.07) is 2.00. The first kappa shape index (κ1) is 12.6. The average Bonchev–Trinajstić information content (AvgIpc) is 2.59. The molecule has 1 N–H and O–H groups in total. The number of hydrogen-bond acceptors (Lipinski definition) is 4. The third kappa shape index (κ3) is 4.75. The fraction of sp³-hybridized carbons (Fsp3) is 0.636. The maximum absolute atomic E-state index is 9.77. The van der Waals surface area contributed by atoms with Gasteiger partial charge in [0.1, 0.15) is 6.10 Å². The van der Waals surface area contributed by atoms with Crippen LogP contribution in [0.15, 0.2) is 11.4 Å². The third-order valence-electron chi connectivity index (χ3n) is 2.04. The quantitative estimate of drug-likeness (QED) is 0.753. The molecule has 0 fully saturated rings. The highest BCUT2D eigenvalue weighted by Gasteiger charge is 2.09. The minimum absolute atomic E-state index is 0.383. The van der Waals surface area contributed by atoms with E-state index in [-0.39, 0.29) is 0 Å². The zero-order chi connectivity index (χ0) is 11.3. The topological polar surface area (TPSA) is 32.7 Å². The van der Waals surface area contributed by atoms with Crippen molar-refractivity contribution in [2.24, 2.45) is 0 Å². The number of likely N-dealkylation sites (N-methyl/N-ethyl adjacent to an activating group) is 1. The van der Waals surface area contributed by atoms with Gasteiger partial charge in [0.05, 0.1) is 13.2 Å². The normalized spacial score (nSPS) is 13.4. The molecule has 1 heterocycles. The zero-order valence-electron chi connectivity index (χ0n) is 9.56. The highest BCUT2D eigenvalue weighted by molar-refractivity contribution is 7.10. The molecule has 1 atom stereocenters. The lowest BCUT2D eigenvalue weighted by molar-refractivity contribution is 0.0323. The second-order valence-corrected chi connectivity index (χ2v) is 4.86. The fourth-order valence-electron chi connectivity index (χ4n) is 1.15. The maximum atomic E-state index is 9.77. The molecule has 0 aliphatic rings. The third-order valence-corrected chi connectivity index (χ3v) is 3.19. The number of aliphatic hydroxyl groups is 1. The van der Waals surface area contributed by atoms with Crippen LogP contribution < -0.4 is 0 Å². The van der Waals surface area contributed by atoms with Crippen molar-refractivity contribution in [3.05, 3.63) is 21.9 Å². The minimum atomic E-state index is -0.481. The van der Waals surface area contributed by atoms with Gasteiger partial charge in [-0.3, -0.25) is 0 Å². The van der Waals surface area contributed by atoms with Crippen molar-refractivity contribution in [2.75, 3.05) is 33.9 Å². The van der Waals surface area contributed by atoms with Crippen molar-refractivity contribution in [1.29, 1.82) is 0 Å². The van der Waals surface area contributed by atoms with Crippen molar-refractivity contribution in [3.8, 4) is 0 Å². The van der Waals surface area contributed by atoms with Gasteiger partial charge in [0.2, 0.25) is 0 Å². The van der Waals surface area contributed by atoms with Crippen LogP contribution in [0.2, 0.25) is 0 Å². The molecule has 4 heteroatoms. The fourth-order valence-corrected chi connectivity index (χ4v) is 2.02. The number of aliphatic hydroxyl groups excluding tert-OH is 1. The van der Waals surface area contributed by atoms with E-state index in [0.717, 1.165) is 11.4 Å². The molecule has 0 aliphatic carbocycles. The van der Waals surface area contributed by atoms with E-state index in [0.29, 0.717) is 13.2 Å². The molecular weight excluding hydrogens is 210 g/mol. The second kappa shape index (κ2) is 6.23. The van der Waals surface area contributed by atoms with Gasteiger partial charge in [-0.2, -0.15) is 0 Å².